The first-order chi connectivity index (χ1) is 10.6. The fourth-order valence-corrected chi connectivity index (χ4v) is 1.78. The minimum Gasteiger partial charge on any atom is -0.484 e. The van der Waals surface area contributed by atoms with Gasteiger partial charge in [-0.15, -0.1) is 0 Å². The molecular formula is C15H18F5NO2. The summed E-state index contributed by atoms with van der Waals surface area (Å²) >= 11 is 0. The summed E-state index contributed by atoms with van der Waals surface area (Å²) in [5.74, 6) is -3.15. The maximum absolute atomic E-state index is 12.6. The summed E-state index contributed by atoms with van der Waals surface area (Å²) < 4.78 is 66.0. The average Bonchev–Trinajstić information content (AvgIpc) is 2.40. The number of benzene rings is 1. The SMILES string of the molecule is CC(F)(F)CCCNC(=O)Cc1cccc(OCC(F)(F)F)c1. The van der Waals surface area contributed by atoms with Crippen LogP contribution in [0.15, 0.2) is 24.3 Å². The van der Waals surface area contributed by atoms with Gasteiger partial charge in [-0.25, -0.2) is 8.78 Å². The van der Waals surface area contributed by atoms with Gasteiger partial charge in [0, 0.05) is 13.0 Å². The maximum Gasteiger partial charge on any atom is 0.422 e. The van der Waals surface area contributed by atoms with Crippen LogP contribution in [-0.2, 0) is 11.2 Å². The number of hydrogen-bond acceptors (Lipinski definition) is 2. The van der Waals surface area contributed by atoms with Crippen molar-refractivity contribution in [2.45, 2.75) is 38.3 Å². The molecule has 0 fully saturated rings. The summed E-state index contributed by atoms with van der Waals surface area (Å²) in [6, 6.07) is 5.74. The van der Waals surface area contributed by atoms with Gasteiger partial charge in [0.15, 0.2) is 6.61 Å². The zero-order valence-corrected chi connectivity index (χ0v) is 12.6. The van der Waals surface area contributed by atoms with E-state index in [1.54, 1.807) is 6.07 Å². The Hall–Kier alpha value is -1.86. The summed E-state index contributed by atoms with van der Waals surface area (Å²) in [5.41, 5.74) is 0.475. The number of hydrogen-bond donors (Lipinski definition) is 1. The smallest absolute Gasteiger partial charge is 0.422 e. The van der Waals surface area contributed by atoms with Crippen molar-refractivity contribution in [3.05, 3.63) is 29.8 Å². The van der Waals surface area contributed by atoms with Crippen LogP contribution in [0, 0.1) is 0 Å². The van der Waals surface area contributed by atoms with Crippen LogP contribution in [0.1, 0.15) is 25.3 Å². The molecule has 0 atom stereocenters. The van der Waals surface area contributed by atoms with Crippen LogP contribution in [0.5, 0.6) is 5.75 Å². The fraction of sp³-hybridized carbons (Fsp3) is 0.533. The van der Waals surface area contributed by atoms with E-state index in [4.69, 9.17) is 0 Å². The first kappa shape index (κ1) is 19.2. The molecule has 23 heavy (non-hydrogen) atoms. The zero-order chi connectivity index (χ0) is 17.5. The van der Waals surface area contributed by atoms with E-state index < -0.39 is 24.6 Å². The van der Waals surface area contributed by atoms with E-state index in [9.17, 15) is 26.7 Å². The first-order valence-corrected chi connectivity index (χ1v) is 6.98. The minimum atomic E-state index is -4.44. The van der Waals surface area contributed by atoms with Crippen LogP contribution in [-0.4, -0.2) is 31.2 Å². The molecule has 1 rings (SSSR count). The molecule has 130 valence electrons. The van der Waals surface area contributed by atoms with Gasteiger partial charge in [0.1, 0.15) is 5.75 Å². The Morgan fingerprint density at radius 3 is 2.52 bits per heavy atom. The van der Waals surface area contributed by atoms with Gasteiger partial charge in [0.05, 0.1) is 6.42 Å². The van der Waals surface area contributed by atoms with E-state index in [1.807, 2.05) is 0 Å². The van der Waals surface area contributed by atoms with Crippen molar-refractivity contribution in [2.75, 3.05) is 13.2 Å². The highest BCUT2D eigenvalue weighted by Crippen LogP contribution is 2.20. The average molecular weight is 339 g/mol. The molecule has 0 heterocycles. The molecule has 0 spiro atoms. The summed E-state index contributed by atoms with van der Waals surface area (Å²) in [4.78, 5) is 11.6. The Bertz CT molecular complexity index is 511. The highest BCUT2D eigenvalue weighted by atomic mass is 19.4. The van der Waals surface area contributed by atoms with Gasteiger partial charge < -0.3 is 10.1 Å². The molecule has 0 bridgehead atoms. The van der Waals surface area contributed by atoms with Crippen LogP contribution >= 0.6 is 0 Å². The lowest BCUT2D eigenvalue weighted by Gasteiger charge is -2.11. The minimum absolute atomic E-state index is 0.0123. The molecule has 1 aromatic rings. The molecule has 0 aromatic heterocycles. The van der Waals surface area contributed by atoms with Crippen LogP contribution < -0.4 is 10.1 Å². The number of carbonyl (C=O) groups is 1. The van der Waals surface area contributed by atoms with E-state index in [2.05, 4.69) is 10.1 Å². The summed E-state index contributed by atoms with van der Waals surface area (Å²) in [6.07, 6.45) is -4.68. The van der Waals surface area contributed by atoms with Gasteiger partial charge in [-0.3, -0.25) is 4.79 Å². The molecule has 0 aliphatic heterocycles. The van der Waals surface area contributed by atoms with E-state index in [0.29, 0.717) is 5.56 Å². The van der Waals surface area contributed by atoms with Crippen molar-refractivity contribution in [3.8, 4) is 5.75 Å². The molecule has 8 heteroatoms. The Labute approximate surface area is 130 Å². The quantitative estimate of drug-likeness (QED) is 0.579. The van der Waals surface area contributed by atoms with Crippen LogP contribution in [0.2, 0.25) is 0 Å². The van der Waals surface area contributed by atoms with Crippen molar-refractivity contribution >= 4 is 5.91 Å². The third-order valence-corrected chi connectivity index (χ3v) is 2.78. The Balaban J connectivity index is 2.40. The van der Waals surface area contributed by atoms with E-state index in [0.717, 1.165) is 6.92 Å². The molecule has 0 radical (unpaired) electrons. The molecular weight excluding hydrogens is 321 g/mol. The number of nitrogens with one attached hydrogen (secondary N) is 1. The lowest BCUT2D eigenvalue weighted by atomic mass is 10.1. The number of ether oxygens (including phenoxy) is 1. The number of carbonyl (C=O) groups excluding carboxylic acids is 1. The van der Waals surface area contributed by atoms with E-state index in [-0.39, 0.29) is 31.6 Å². The molecule has 0 saturated carbocycles. The summed E-state index contributed by atoms with van der Waals surface area (Å²) in [7, 11) is 0. The van der Waals surface area contributed by atoms with Gasteiger partial charge in [-0.2, -0.15) is 13.2 Å². The van der Waals surface area contributed by atoms with Gasteiger partial charge >= 0.3 is 6.18 Å². The van der Waals surface area contributed by atoms with Crippen molar-refractivity contribution < 1.29 is 31.5 Å². The molecule has 1 amide bonds. The molecule has 1 N–H and O–H groups in total. The van der Waals surface area contributed by atoms with Crippen molar-refractivity contribution in [2.24, 2.45) is 0 Å². The summed E-state index contributed by atoms with van der Waals surface area (Å²) in [6.45, 7) is -0.484. The van der Waals surface area contributed by atoms with Gasteiger partial charge in [0.25, 0.3) is 0 Å². The molecule has 0 aliphatic carbocycles. The Kier molecular flexibility index (Phi) is 6.78. The van der Waals surface area contributed by atoms with Crippen LogP contribution in [0.3, 0.4) is 0 Å². The lowest BCUT2D eigenvalue weighted by molar-refractivity contribution is -0.153. The molecule has 3 nitrogen and oxygen atoms in total. The normalized spacial score (nSPS) is 12.1. The van der Waals surface area contributed by atoms with Gasteiger partial charge in [-0.1, -0.05) is 12.1 Å². The maximum atomic E-state index is 12.6. The first-order valence-electron chi connectivity index (χ1n) is 6.98. The Morgan fingerprint density at radius 2 is 1.91 bits per heavy atom. The standard InChI is InChI=1S/C15H18F5NO2/c1-14(16,17)6-3-7-21-13(22)9-11-4-2-5-12(8-11)23-10-15(18,19)20/h2,4-5,8H,3,6-7,9-10H2,1H3,(H,21,22). The van der Waals surface area contributed by atoms with Crippen molar-refractivity contribution in [1.29, 1.82) is 0 Å². The predicted molar refractivity (Wildman–Crippen MR) is 74.6 cm³/mol. The van der Waals surface area contributed by atoms with Crippen LogP contribution in [0.25, 0.3) is 0 Å². The highest BCUT2D eigenvalue weighted by Gasteiger charge is 2.28. The highest BCUT2D eigenvalue weighted by molar-refractivity contribution is 5.78. The zero-order valence-electron chi connectivity index (χ0n) is 12.6. The topological polar surface area (TPSA) is 38.3 Å². The monoisotopic (exact) mass is 339 g/mol. The lowest BCUT2D eigenvalue weighted by Crippen LogP contribution is -2.27. The molecule has 0 saturated heterocycles. The van der Waals surface area contributed by atoms with Crippen molar-refractivity contribution in [3.63, 3.8) is 0 Å². The number of alkyl halides is 5. The second-order valence-electron chi connectivity index (χ2n) is 5.25. The molecule has 0 unspecified atom stereocenters. The number of halogens is 5. The Morgan fingerprint density at radius 1 is 1.22 bits per heavy atom. The largest absolute Gasteiger partial charge is 0.484 e. The second-order valence-corrected chi connectivity index (χ2v) is 5.25. The predicted octanol–water partition coefficient (Wildman–Crippen LogP) is 3.72. The summed E-state index contributed by atoms with van der Waals surface area (Å²) in [5, 5.41) is 2.49. The number of amides is 1. The van der Waals surface area contributed by atoms with Crippen LogP contribution in [0.4, 0.5) is 22.0 Å². The third-order valence-electron chi connectivity index (χ3n) is 2.78. The molecule has 1 aromatic carbocycles. The fourth-order valence-electron chi connectivity index (χ4n) is 1.78. The van der Waals surface area contributed by atoms with Gasteiger partial charge in [0.2, 0.25) is 11.8 Å². The van der Waals surface area contributed by atoms with Gasteiger partial charge in [-0.05, 0) is 31.0 Å². The number of rotatable bonds is 8. The van der Waals surface area contributed by atoms with E-state index >= 15 is 0 Å². The van der Waals surface area contributed by atoms with Crippen molar-refractivity contribution in [1.82, 2.24) is 5.32 Å². The second kappa shape index (κ2) is 8.12. The van der Waals surface area contributed by atoms with E-state index in [1.165, 1.54) is 18.2 Å². The third kappa shape index (κ3) is 9.70. The molecule has 0 aliphatic rings.